The van der Waals surface area contributed by atoms with E-state index >= 15 is 0 Å². The van der Waals surface area contributed by atoms with E-state index in [1.807, 2.05) is 12.1 Å². The van der Waals surface area contributed by atoms with Gasteiger partial charge in [-0.3, -0.25) is 4.90 Å². The van der Waals surface area contributed by atoms with Crippen molar-refractivity contribution in [3.05, 3.63) is 29.8 Å². The van der Waals surface area contributed by atoms with E-state index in [-0.39, 0.29) is 11.7 Å². The Morgan fingerprint density at radius 1 is 1.35 bits per heavy atom. The Morgan fingerprint density at radius 2 is 2.00 bits per heavy atom. The Hall–Kier alpha value is -1.06. The maximum Gasteiger partial charge on any atom is 0.115 e. The number of hydrogen-bond donors (Lipinski definition) is 1. The maximum atomic E-state index is 9.25. The fraction of sp³-hybridized carbons (Fsp3) is 0.571. The fourth-order valence-electron chi connectivity index (χ4n) is 2.57. The molecule has 1 unspecified atom stereocenters. The minimum atomic E-state index is -0.0748. The monoisotopic (exact) mass is 235 g/mol. The molecule has 17 heavy (non-hydrogen) atoms. The van der Waals surface area contributed by atoms with Crippen molar-refractivity contribution < 1.29 is 9.84 Å². The summed E-state index contributed by atoms with van der Waals surface area (Å²) >= 11 is 0. The molecule has 1 fully saturated rings. The van der Waals surface area contributed by atoms with Gasteiger partial charge in [0.1, 0.15) is 5.75 Å². The van der Waals surface area contributed by atoms with Crippen molar-refractivity contribution in [2.75, 3.05) is 13.1 Å². The van der Waals surface area contributed by atoms with Crippen LogP contribution in [0, 0.1) is 0 Å². The molecule has 0 aromatic heterocycles. The van der Waals surface area contributed by atoms with E-state index < -0.39 is 0 Å². The number of nitrogens with zero attached hydrogens (tertiary/aromatic N) is 1. The number of rotatable bonds is 2. The molecule has 1 aliphatic heterocycles. The van der Waals surface area contributed by atoms with Crippen LogP contribution in [0.4, 0.5) is 0 Å². The molecule has 94 valence electrons. The molecule has 0 spiro atoms. The Balaban J connectivity index is 2.01. The molecule has 1 atom stereocenters. The van der Waals surface area contributed by atoms with E-state index in [1.54, 1.807) is 12.1 Å². The largest absolute Gasteiger partial charge is 0.508 e. The number of aromatic hydroxyl groups is 1. The van der Waals surface area contributed by atoms with Gasteiger partial charge in [-0.15, -0.1) is 0 Å². The van der Waals surface area contributed by atoms with Gasteiger partial charge in [0, 0.05) is 19.6 Å². The molecule has 2 rings (SSSR count). The number of morpholine rings is 1. The Labute approximate surface area is 103 Å². The van der Waals surface area contributed by atoms with Crippen molar-refractivity contribution in [2.24, 2.45) is 0 Å². The van der Waals surface area contributed by atoms with Crippen molar-refractivity contribution in [1.29, 1.82) is 0 Å². The fourth-order valence-corrected chi connectivity index (χ4v) is 2.57. The smallest absolute Gasteiger partial charge is 0.115 e. The van der Waals surface area contributed by atoms with Crippen LogP contribution >= 0.6 is 0 Å². The van der Waals surface area contributed by atoms with Crippen molar-refractivity contribution in [2.45, 2.75) is 39.0 Å². The van der Waals surface area contributed by atoms with Crippen LogP contribution in [-0.2, 0) is 11.3 Å². The third-order valence-corrected chi connectivity index (χ3v) is 2.98. The van der Waals surface area contributed by atoms with Gasteiger partial charge in [-0.25, -0.2) is 0 Å². The molecule has 1 aliphatic rings. The Kier molecular flexibility index (Phi) is 3.40. The number of hydrogen-bond acceptors (Lipinski definition) is 3. The van der Waals surface area contributed by atoms with E-state index in [1.165, 1.54) is 5.56 Å². The second kappa shape index (κ2) is 4.67. The highest BCUT2D eigenvalue weighted by molar-refractivity contribution is 5.25. The SMILES string of the molecule is CC1CN(Cc2ccc(O)cc2)CC(C)(C)O1. The summed E-state index contributed by atoms with van der Waals surface area (Å²) in [6, 6.07) is 7.43. The molecule has 3 nitrogen and oxygen atoms in total. The standard InChI is InChI=1S/C14H21NO2/c1-11-8-15(10-14(2,3)17-11)9-12-4-6-13(16)7-5-12/h4-7,11,16H,8-10H2,1-3H3. The lowest BCUT2D eigenvalue weighted by atomic mass is 10.0. The van der Waals surface area contributed by atoms with Crippen LogP contribution in [-0.4, -0.2) is 34.8 Å². The molecule has 0 aliphatic carbocycles. The van der Waals surface area contributed by atoms with Crippen LogP contribution in [0.5, 0.6) is 5.75 Å². The summed E-state index contributed by atoms with van der Waals surface area (Å²) in [4.78, 5) is 2.40. The van der Waals surface area contributed by atoms with Gasteiger partial charge >= 0.3 is 0 Å². The van der Waals surface area contributed by atoms with Crippen molar-refractivity contribution >= 4 is 0 Å². The van der Waals surface area contributed by atoms with Crippen molar-refractivity contribution in [1.82, 2.24) is 4.90 Å². The minimum absolute atomic E-state index is 0.0748. The van der Waals surface area contributed by atoms with Crippen LogP contribution in [0.15, 0.2) is 24.3 Å². The summed E-state index contributed by atoms with van der Waals surface area (Å²) in [5.41, 5.74) is 1.15. The van der Waals surface area contributed by atoms with Crippen LogP contribution in [0.2, 0.25) is 0 Å². The molecule has 0 saturated carbocycles. The predicted molar refractivity (Wildman–Crippen MR) is 68.0 cm³/mol. The third kappa shape index (κ3) is 3.45. The van der Waals surface area contributed by atoms with Gasteiger partial charge in [-0.05, 0) is 38.5 Å². The van der Waals surface area contributed by atoms with Crippen molar-refractivity contribution in [3.8, 4) is 5.75 Å². The van der Waals surface area contributed by atoms with Gasteiger partial charge in [-0.2, -0.15) is 0 Å². The molecule has 0 amide bonds. The van der Waals surface area contributed by atoms with E-state index in [0.717, 1.165) is 19.6 Å². The van der Waals surface area contributed by atoms with Gasteiger partial charge < -0.3 is 9.84 Å². The second-order valence-corrected chi connectivity index (χ2v) is 5.52. The van der Waals surface area contributed by atoms with E-state index in [9.17, 15) is 5.11 Å². The first-order valence-electron chi connectivity index (χ1n) is 6.13. The zero-order valence-electron chi connectivity index (χ0n) is 10.8. The average Bonchev–Trinajstić information content (AvgIpc) is 2.18. The quantitative estimate of drug-likeness (QED) is 0.854. The van der Waals surface area contributed by atoms with E-state index in [2.05, 4.69) is 25.7 Å². The maximum absolute atomic E-state index is 9.25. The molecule has 1 saturated heterocycles. The van der Waals surface area contributed by atoms with Crippen LogP contribution < -0.4 is 0 Å². The van der Waals surface area contributed by atoms with Gasteiger partial charge in [0.25, 0.3) is 0 Å². The Bertz CT molecular complexity index is 372. The molecule has 3 heteroatoms. The molecule has 1 aromatic rings. The zero-order valence-corrected chi connectivity index (χ0v) is 10.8. The van der Waals surface area contributed by atoms with Crippen LogP contribution in [0.1, 0.15) is 26.3 Å². The first-order chi connectivity index (χ1) is 7.94. The zero-order chi connectivity index (χ0) is 12.5. The van der Waals surface area contributed by atoms with Gasteiger partial charge in [0.05, 0.1) is 11.7 Å². The molecule has 1 N–H and O–H groups in total. The number of phenols is 1. The second-order valence-electron chi connectivity index (χ2n) is 5.52. The molecule has 1 aromatic carbocycles. The van der Waals surface area contributed by atoms with E-state index in [0.29, 0.717) is 5.75 Å². The molecular weight excluding hydrogens is 214 g/mol. The number of benzene rings is 1. The first-order valence-corrected chi connectivity index (χ1v) is 6.13. The summed E-state index contributed by atoms with van der Waals surface area (Å²) in [5.74, 6) is 0.324. The van der Waals surface area contributed by atoms with Gasteiger partial charge in [0.2, 0.25) is 0 Å². The predicted octanol–water partition coefficient (Wildman–Crippen LogP) is 2.39. The highest BCUT2D eigenvalue weighted by Gasteiger charge is 2.30. The molecule has 0 radical (unpaired) electrons. The van der Waals surface area contributed by atoms with Gasteiger partial charge in [0.15, 0.2) is 0 Å². The van der Waals surface area contributed by atoms with Crippen LogP contribution in [0.3, 0.4) is 0 Å². The normalized spacial score (nSPS) is 24.8. The van der Waals surface area contributed by atoms with Crippen LogP contribution in [0.25, 0.3) is 0 Å². The van der Waals surface area contributed by atoms with Crippen molar-refractivity contribution in [3.63, 3.8) is 0 Å². The highest BCUT2D eigenvalue weighted by Crippen LogP contribution is 2.22. The summed E-state index contributed by atoms with van der Waals surface area (Å²) in [6.45, 7) is 9.20. The molecule has 1 heterocycles. The molecular formula is C14H21NO2. The van der Waals surface area contributed by atoms with E-state index in [4.69, 9.17) is 4.74 Å². The number of phenolic OH excluding ortho intramolecular Hbond substituents is 1. The first kappa shape index (κ1) is 12.4. The minimum Gasteiger partial charge on any atom is -0.508 e. The lowest BCUT2D eigenvalue weighted by Gasteiger charge is -2.41. The lowest BCUT2D eigenvalue weighted by Crippen LogP contribution is -2.51. The average molecular weight is 235 g/mol. The summed E-state index contributed by atoms with van der Waals surface area (Å²) in [6.07, 6.45) is 0.274. The Morgan fingerprint density at radius 3 is 2.59 bits per heavy atom. The molecule has 0 bridgehead atoms. The topological polar surface area (TPSA) is 32.7 Å². The number of ether oxygens (including phenoxy) is 1. The highest BCUT2D eigenvalue weighted by atomic mass is 16.5. The lowest BCUT2D eigenvalue weighted by molar-refractivity contribution is -0.130. The van der Waals surface area contributed by atoms with Gasteiger partial charge in [-0.1, -0.05) is 12.1 Å². The third-order valence-electron chi connectivity index (χ3n) is 2.98. The summed E-state index contributed by atoms with van der Waals surface area (Å²) in [7, 11) is 0. The summed E-state index contributed by atoms with van der Waals surface area (Å²) < 4.78 is 5.88. The summed E-state index contributed by atoms with van der Waals surface area (Å²) in [5, 5.41) is 9.25.